The molecule has 4 aromatic rings. The zero-order valence-electron chi connectivity index (χ0n) is 26.4. The SMILES string of the molecule is COC(=O)c1ccc2c(n1)N(C(=O)Nc1cccnc1)[C@H]1CCN2C1.O=C(O)c1ccc2c(n1)N(C(=O)Nc1cccnc1)[C@H]1CCN2C1. The Morgan fingerprint density at radius 2 is 1.22 bits per heavy atom. The number of hydrogen-bond acceptors (Lipinski definition) is 11. The first-order valence-electron chi connectivity index (χ1n) is 15.6. The highest BCUT2D eigenvalue weighted by Crippen LogP contribution is 2.40. The fraction of sp³-hybridized carbons (Fsp3) is 0.273. The molecule has 16 heteroatoms. The van der Waals surface area contributed by atoms with E-state index in [9.17, 15) is 24.3 Å². The number of hydrogen-bond donors (Lipinski definition) is 3. The highest BCUT2D eigenvalue weighted by atomic mass is 16.5. The monoisotopic (exact) mass is 664 g/mol. The number of nitrogens with zero attached hydrogens (tertiary/aromatic N) is 8. The van der Waals surface area contributed by atoms with Crippen molar-refractivity contribution in [2.75, 3.05) is 63.5 Å². The van der Waals surface area contributed by atoms with Crippen LogP contribution in [0.4, 0.5) is 44.0 Å². The number of esters is 1. The van der Waals surface area contributed by atoms with E-state index in [1.807, 2.05) is 6.07 Å². The van der Waals surface area contributed by atoms with Crippen molar-refractivity contribution in [3.63, 3.8) is 0 Å². The smallest absolute Gasteiger partial charge is 0.356 e. The van der Waals surface area contributed by atoms with Gasteiger partial charge in [-0.2, -0.15) is 0 Å². The number of nitrogens with one attached hydrogen (secondary N) is 2. The third kappa shape index (κ3) is 6.10. The van der Waals surface area contributed by atoms with Crippen LogP contribution in [0, 0.1) is 0 Å². The molecule has 0 unspecified atom stereocenters. The number of anilines is 6. The Kier molecular flexibility index (Phi) is 8.34. The summed E-state index contributed by atoms with van der Waals surface area (Å²) in [4.78, 5) is 72.8. The molecule has 0 aliphatic carbocycles. The van der Waals surface area contributed by atoms with E-state index < -0.39 is 11.9 Å². The van der Waals surface area contributed by atoms with Crippen molar-refractivity contribution in [3.05, 3.63) is 84.7 Å². The molecule has 49 heavy (non-hydrogen) atoms. The lowest BCUT2D eigenvalue weighted by Crippen LogP contribution is -2.48. The molecule has 16 nitrogen and oxygen atoms in total. The van der Waals surface area contributed by atoms with E-state index in [1.165, 1.54) is 13.2 Å². The summed E-state index contributed by atoms with van der Waals surface area (Å²) in [7, 11) is 1.31. The van der Waals surface area contributed by atoms with Crippen molar-refractivity contribution in [1.82, 2.24) is 19.9 Å². The van der Waals surface area contributed by atoms with Crippen LogP contribution in [0.2, 0.25) is 0 Å². The van der Waals surface area contributed by atoms with Crippen molar-refractivity contribution in [3.8, 4) is 0 Å². The van der Waals surface area contributed by atoms with Crippen LogP contribution >= 0.6 is 0 Å². The fourth-order valence-corrected chi connectivity index (χ4v) is 6.52. The molecular weight excluding hydrogens is 632 g/mol. The summed E-state index contributed by atoms with van der Waals surface area (Å²) in [5, 5.41) is 14.8. The number of carbonyl (C=O) groups is 4. The Morgan fingerprint density at radius 1 is 0.735 bits per heavy atom. The van der Waals surface area contributed by atoms with Crippen LogP contribution in [0.3, 0.4) is 0 Å². The molecular formula is C33H32N10O6. The Hall–Kier alpha value is -6.32. The maximum atomic E-state index is 12.9. The van der Waals surface area contributed by atoms with Gasteiger partial charge in [-0.15, -0.1) is 0 Å². The zero-order chi connectivity index (χ0) is 34.1. The van der Waals surface area contributed by atoms with Crippen LogP contribution in [0.25, 0.3) is 0 Å². The van der Waals surface area contributed by atoms with Crippen molar-refractivity contribution >= 4 is 58.4 Å². The Morgan fingerprint density at radius 3 is 1.67 bits per heavy atom. The summed E-state index contributed by atoms with van der Waals surface area (Å²) in [5.41, 5.74) is 2.94. The van der Waals surface area contributed by atoms with E-state index in [1.54, 1.807) is 71.0 Å². The average Bonchev–Trinajstić information content (AvgIpc) is 3.74. The van der Waals surface area contributed by atoms with Gasteiger partial charge in [0.25, 0.3) is 0 Å². The van der Waals surface area contributed by atoms with Crippen LogP contribution in [0.1, 0.15) is 33.8 Å². The number of carbonyl (C=O) groups excluding carboxylic acids is 3. The molecule has 2 fully saturated rings. The number of aromatic nitrogens is 4. The first kappa shape index (κ1) is 31.3. The summed E-state index contributed by atoms with van der Waals surface area (Å²) in [6, 6.07) is 13.0. The number of amides is 4. The number of rotatable bonds is 4. The highest BCUT2D eigenvalue weighted by molar-refractivity contribution is 6.06. The molecule has 4 aromatic heterocycles. The molecule has 3 N–H and O–H groups in total. The molecule has 8 heterocycles. The van der Waals surface area contributed by atoms with Gasteiger partial charge in [-0.05, 0) is 61.4 Å². The molecule has 0 aromatic carbocycles. The first-order valence-corrected chi connectivity index (χ1v) is 15.6. The molecule has 2 atom stereocenters. The van der Waals surface area contributed by atoms with Crippen LogP contribution in [-0.2, 0) is 4.74 Å². The molecule has 0 spiro atoms. The van der Waals surface area contributed by atoms with Gasteiger partial charge in [-0.1, -0.05) is 0 Å². The minimum atomic E-state index is -1.11. The standard InChI is InChI=1S/C17H17N5O3.C16H15N5O3/c1-25-16(23)13-4-5-14-15(20-13)22(12-6-8-21(14)10-12)17(24)19-11-3-2-7-18-9-11;22-15(23)12-3-4-13-14(19-12)21(11-5-7-20(13)9-11)16(24)18-10-2-1-6-17-8-10/h2-5,7,9,12H,6,8,10H2,1H3,(H,19,24);1-4,6,8,11H,5,7,9H2,(H,18,24)(H,22,23)/t12-;11-/m00/s1. The summed E-state index contributed by atoms with van der Waals surface area (Å²) in [5.74, 6) is -0.759. The summed E-state index contributed by atoms with van der Waals surface area (Å²) < 4.78 is 4.75. The van der Waals surface area contributed by atoms with E-state index in [-0.39, 0.29) is 35.5 Å². The lowest BCUT2D eigenvalue weighted by molar-refractivity contribution is 0.0593. The Bertz CT molecular complexity index is 1910. The Balaban J connectivity index is 0.000000154. The van der Waals surface area contributed by atoms with Crippen molar-refractivity contribution < 1.29 is 29.0 Å². The second-order valence-corrected chi connectivity index (χ2v) is 11.7. The third-order valence-electron chi connectivity index (χ3n) is 8.78. The van der Waals surface area contributed by atoms with Gasteiger partial charge in [0.2, 0.25) is 0 Å². The van der Waals surface area contributed by atoms with Crippen molar-refractivity contribution in [2.45, 2.75) is 24.9 Å². The van der Waals surface area contributed by atoms with Gasteiger partial charge in [0.1, 0.15) is 0 Å². The summed E-state index contributed by atoms with van der Waals surface area (Å²) in [6.07, 6.45) is 8.09. The molecule has 0 radical (unpaired) electrons. The second kappa shape index (κ2) is 13.1. The van der Waals surface area contributed by atoms with Gasteiger partial charge in [0.15, 0.2) is 23.0 Å². The lowest BCUT2D eigenvalue weighted by Gasteiger charge is -2.35. The van der Waals surface area contributed by atoms with E-state index in [4.69, 9.17) is 4.74 Å². The quantitative estimate of drug-likeness (QED) is 0.269. The van der Waals surface area contributed by atoms with E-state index in [0.717, 1.165) is 50.4 Å². The van der Waals surface area contributed by atoms with Gasteiger partial charge < -0.3 is 30.3 Å². The summed E-state index contributed by atoms with van der Waals surface area (Å²) in [6.45, 7) is 3.16. The van der Waals surface area contributed by atoms with E-state index >= 15 is 0 Å². The van der Waals surface area contributed by atoms with Crippen LogP contribution in [0.5, 0.6) is 0 Å². The lowest BCUT2D eigenvalue weighted by atomic mass is 10.2. The first-order chi connectivity index (χ1) is 23.8. The topological polar surface area (TPSA) is 186 Å². The largest absolute Gasteiger partial charge is 0.477 e. The van der Waals surface area contributed by atoms with E-state index in [2.05, 4.69) is 40.4 Å². The number of pyridine rings is 4. The minimum Gasteiger partial charge on any atom is -0.477 e. The number of ether oxygens (including phenoxy) is 1. The minimum absolute atomic E-state index is 0.0181. The molecule has 8 rings (SSSR count). The van der Waals surface area contributed by atoms with Gasteiger partial charge in [-0.25, -0.2) is 29.1 Å². The molecule has 250 valence electrons. The van der Waals surface area contributed by atoms with Crippen LogP contribution < -0.4 is 30.2 Å². The molecule has 4 bridgehead atoms. The second-order valence-electron chi connectivity index (χ2n) is 11.7. The maximum Gasteiger partial charge on any atom is 0.356 e. The number of carboxylic acids is 1. The Labute approximate surface area is 280 Å². The van der Waals surface area contributed by atoms with Gasteiger partial charge in [-0.3, -0.25) is 19.8 Å². The predicted octanol–water partition coefficient (Wildman–Crippen LogP) is 3.70. The third-order valence-corrected chi connectivity index (χ3v) is 8.78. The molecule has 2 saturated heterocycles. The average molecular weight is 665 g/mol. The molecule has 0 saturated carbocycles. The predicted molar refractivity (Wildman–Crippen MR) is 179 cm³/mol. The van der Waals surface area contributed by atoms with Gasteiger partial charge in [0.05, 0.1) is 54.3 Å². The van der Waals surface area contributed by atoms with Gasteiger partial charge >= 0.3 is 24.0 Å². The number of carboxylic acid groups (broad SMARTS) is 1. The number of methoxy groups -OCH3 is 1. The van der Waals surface area contributed by atoms with Crippen molar-refractivity contribution in [2.24, 2.45) is 0 Å². The molecule has 4 aliphatic rings. The summed E-state index contributed by atoms with van der Waals surface area (Å²) >= 11 is 0. The number of aromatic carboxylic acids is 1. The van der Waals surface area contributed by atoms with Crippen LogP contribution in [-0.4, -0.2) is 94.4 Å². The van der Waals surface area contributed by atoms with Crippen LogP contribution in [0.15, 0.2) is 73.3 Å². The van der Waals surface area contributed by atoms with E-state index in [0.29, 0.717) is 23.0 Å². The normalized spacial score (nSPS) is 18.1. The molecule has 4 aliphatic heterocycles. The number of urea groups is 2. The highest BCUT2D eigenvalue weighted by Gasteiger charge is 2.42. The maximum absolute atomic E-state index is 12.9. The number of fused-ring (bicyclic) bond motifs is 8. The van der Waals surface area contributed by atoms with Crippen molar-refractivity contribution in [1.29, 1.82) is 0 Å². The zero-order valence-corrected chi connectivity index (χ0v) is 26.4. The molecule has 4 amide bonds. The fourth-order valence-electron chi connectivity index (χ4n) is 6.52. The van der Waals surface area contributed by atoms with Gasteiger partial charge in [0, 0.05) is 38.6 Å².